The number of ether oxygens (including phenoxy) is 4. The van der Waals surface area contributed by atoms with Crippen molar-refractivity contribution in [3.63, 3.8) is 0 Å². The van der Waals surface area contributed by atoms with Gasteiger partial charge in [-0.15, -0.1) is 11.8 Å². The summed E-state index contributed by atoms with van der Waals surface area (Å²) in [5.41, 5.74) is -0.802. The van der Waals surface area contributed by atoms with Gasteiger partial charge in [-0.1, -0.05) is 0 Å². The van der Waals surface area contributed by atoms with Gasteiger partial charge in [0.2, 0.25) is 0 Å². The molecule has 10 heteroatoms. The average Bonchev–Trinajstić information content (AvgIpc) is 2.76. The van der Waals surface area contributed by atoms with Crippen molar-refractivity contribution in [1.82, 2.24) is 0 Å². The molecule has 1 rings (SSSR count). The fourth-order valence-electron chi connectivity index (χ4n) is 1.29. The van der Waals surface area contributed by atoms with Crippen LogP contribution in [0, 0.1) is 0 Å². The molecule has 1 aliphatic rings. The number of alkyl halides is 1. The lowest BCUT2D eigenvalue weighted by atomic mass is 10.2. The van der Waals surface area contributed by atoms with Crippen LogP contribution in [0.3, 0.4) is 0 Å². The van der Waals surface area contributed by atoms with E-state index in [0.29, 0.717) is 0 Å². The van der Waals surface area contributed by atoms with Gasteiger partial charge in [0.05, 0.1) is 14.2 Å². The van der Waals surface area contributed by atoms with Gasteiger partial charge in [0, 0.05) is 12.2 Å². The number of hydrogen-bond donors (Lipinski definition) is 1. The highest BCUT2D eigenvalue weighted by Gasteiger charge is 2.38. The number of rotatable bonds is 3. The number of halogens is 1. The Hall–Kier alpha value is -1.71. The molecule has 0 saturated carbocycles. The number of hydrogen-bond acceptors (Lipinski definition) is 8. The lowest BCUT2D eigenvalue weighted by Gasteiger charge is -2.11. The van der Waals surface area contributed by atoms with Gasteiger partial charge in [-0.25, -0.2) is 14.0 Å². The van der Waals surface area contributed by atoms with Crippen molar-refractivity contribution in [3.8, 4) is 0 Å². The Kier molecular flexibility index (Phi) is 9.26. The Bertz CT molecular complexity index is 364. The predicted molar refractivity (Wildman–Crippen MR) is 69.8 cm³/mol. The average molecular weight is 328 g/mol. The van der Waals surface area contributed by atoms with E-state index in [1.807, 2.05) is 0 Å². The summed E-state index contributed by atoms with van der Waals surface area (Å²) in [7, 11) is 2.30. The molecule has 0 aromatic rings. The van der Waals surface area contributed by atoms with Gasteiger partial charge in [0.25, 0.3) is 0 Å². The number of carboxylic acid groups (broad SMARTS) is 1. The van der Waals surface area contributed by atoms with E-state index in [1.165, 1.54) is 14.0 Å². The minimum absolute atomic E-state index is 0.0511. The molecular formula is C11H17FO8S. The van der Waals surface area contributed by atoms with Crippen molar-refractivity contribution in [2.24, 2.45) is 0 Å². The van der Waals surface area contributed by atoms with E-state index in [2.05, 4.69) is 14.2 Å². The second-order valence-electron chi connectivity index (χ2n) is 3.72. The van der Waals surface area contributed by atoms with Crippen LogP contribution in [0.2, 0.25) is 0 Å². The molecule has 0 radical (unpaired) electrons. The van der Waals surface area contributed by atoms with E-state index in [0.717, 1.165) is 18.9 Å². The molecule has 8 nitrogen and oxygen atoms in total. The number of methoxy groups -OCH3 is 2. The first kappa shape index (κ1) is 19.3. The molecule has 0 spiro atoms. The Balaban J connectivity index is 0.000000690. The van der Waals surface area contributed by atoms with Crippen molar-refractivity contribution in [1.29, 1.82) is 0 Å². The molecule has 3 unspecified atom stereocenters. The molecular weight excluding hydrogens is 311 g/mol. The summed E-state index contributed by atoms with van der Waals surface area (Å²) in [4.78, 5) is 30.5. The van der Waals surface area contributed by atoms with Gasteiger partial charge in [-0.05, 0) is 6.42 Å². The van der Waals surface area contributed by atoms with E-state index in [9.17, 15) is 14.0 Å². The molecule has 1 heterocycles. The van der Waals surface area contributed by atoms with Crippen LogP contribution in [-0.2, 0) is 23.7 Å². The quantitative estimate of drug-likeness (QED) is 0.612. The summed E-state index contributed by atoms with van der Waals surface area (Å²) >= 11 is 1.15. The summed E-state index contributed by atoms with van der Waals surface area (Å²) in [6.07, 6.45) is -3.07. The zero-order valence-electron chi connectivity index (χ0n) is 11.7. The molecule has 0 bridgehead atoms. The van der Waals surface area contributed by atoms with Crippen LogP contribution in [0.1, 0.15) is 13.3 Å². The molecule has 0 aromatic carbocycles. The highest BCUT2D eigenvalue weighted by atomic mass is 32.2. The Labute approximate surface area is 124 Å². The number of carbonyl (C=O) groups excluding carboxylic acids is 2. The molecule has 3 atom stereocenters. The van der Waals surface area contributed by atoms with Gasteiger partial charge in [-0.2, -0.15) is 0 Å². The Morgan fingerprint density at radius 3 is 2.29 bits per heavy atom. The SMILES string of the molecule is COC(=O)O.COC(=O)OCC1CC(F)C(OC(C)=O)S1. The summed E-state index contributed by atoms with van der Waals surface area (Å²) in [6, 6.07) is 0. The van der Waals surface area contributed by atoms with Gasteiger partial charge in [0.15, 0.2) is 5.44 Å². The minimum Gasteiger partial charge on any atom is -0.450 e. The second kappa shape index (κ2) is 10.1. The third-order valence-corrected chi connectivity index (χ3v) is 3.49. The molecule has 1 aliphatic heterocycles. The molecule has 0 amide bonds. The summed E-state index contributed by atoms with van der Waals surface area (Å²) < 4.78 is 30.7. The maximum atomic E-state index is 13.3. The third-order valence-electron chi connectivity index (χ3n) is 2.12. The maximum Gasteiger partial charge on any atom is 0.508 e. The number of carbonyl (C=O) groups is 3. The van der Waals surface area contributed by atoms with Crippen LogP contribution < -0.4 is 0 Å². The number of thioether (sulfide) groups is 1. The number of esters is 1. The van der Waals surface area contributed by atoms with Crippen molar-refractivity contribution in [2.75, 3.05) is 20.8 Å². The molecule has 0 aliphatic carbocycles. The fraction of sp³-hybridized carbons (Fsp3) is 0.727. The van der Waals surface area contributed by atoms with Crippen LogP contribution >= 0.6 is 11.8 Å². The van der Waals surface area contributed by atoms with Gasteiger partial charge in [0.1, 0.15) is 12.8 Å². The van der Waals surface area contributed by atoms with E-state index >= 15 is 0 Å². The van der Waals surface area contributed by atoms with Crippen molar-refractivity contribution >= 4 is 30.0 Å². The third kappa shape index (κ3) is 8.95. The zero-order chi connectivity index (χ0) is 16.4. The molecule has 122 valence electrons. The van der Waals surface area contributed by atoms with Gasteiger partial charge < -0.3 is 24.1 Å². The van der Waals surface area contributed by atoms with Crippen molar-refractivity contribution in [3.05, 3.63) is 0 Å². The largest absolute Gasteiger partial charge is 0.508 e. The van der Waals surface area contributed by atoms with Crippen LogP contribution in [-0.4, -0.2) is 61.1 Å². The summed E-state index contributed by atoms with van der Waals surface area (Å²) in [5.74, 6) is -0.519. The second-order valence-corrected chi connectivity index (χ2v) is 5.13. The lowest BCUT2D eigenvalue weighted by Crippen LogP contribution is -2.18. The standard InChI is InChI=1S/C9H13FO5S.C2H4O3/c1-5(11)15-8-7(10)3-6(16-8)4-14-9(12)13-2;1-5-2(3)4/h6-8H,3-4H2,1-2H3;1H3,(H,3,4). The van der Waals surface area contributed by atoms with Gasteiger partial charge in [-0.3, -0.25) is 4.79 Å². The van der Waals surface area contributed by atoms with Gasteiger partial charge >= 0.3 is 18.3 Å². The van der Waals surface area contributed by atoms with E-state index < -0.39 is 29.9 Å². The van der Waals surface area contributed by atoms with E-state index in [1.54, 1.807) is 0 Å². The summed E-state index contributed by atoms with van der Waals surface area (Å²) in [5, 5.41) is 7.29. The minimum atomic E-state index is -1.25. The summed E-state index contributed by atoms with van der Waals surface area (Å²) in [6.45, 7) is 1.28. The molecule has 1 saturated heterocycles. The Morgan fingerprint density at radius 2 is 1.86 bits per heavy atom. The maximum absolute atomic E-state index is 13.3. The van der Waals surface area contributed by atoms with Crippen LogP contribution in [0.4, 0.5) is 14.0 Å². The van der Waals surface area contributed by atoms with E-state index in [4.69, 9.17) is 14.6 Å². The van der Waals surface area contributed by atoms with Crippen LogP contribution in [0.5, 0.6) is 0 Å². The predicted octanol–water partition coefficient (Wildman–Crippen LogP) is 1.81. The smallest absolute Gasteiger partial charge is 0.450 e. The zero-order valence-corrected chi connectivity index (χ0v) is 12.6. The molecule has 0 aromatic heterocycles. The first-order valence-corrected chi connectivity index (χ1v) is 6.68. The lowest BCUT2D eigenvalue weighted by molar-refractivity contribution is -0.144. The first-order chi connectivity index (χ1) is 9.79. The van der Waals surface area contributed by atoms with Crippen LogP contribution in [0.15, 0.2) is 0 Å². The molecule has 1 N–H and O–H groups in total. The molecule has 21 heavy (non-hydrogen) atoms. The highest BCUT2D eigenvalue weighted by Crippen LogP contribution is 2.36. The highest BCUT2D eigenvalue weighted by molar-refractivity contribution is 8.00. The van der Waals surface area contributed by atoms with E-state index in [-0.39, 0.29) is 18.3 Å². The monoisotopic (exact) mass is 328 g/mol. The first-order valence-electron chi connectivity index (χ1n) is 5.74. The molecule has 1 fully saturated rings. The fourth-order valence-corrected chi connectivity index (χ4v) is 2.58. The normalized spacial score (nSPS) is 23.3. The Morgan fingerprint density at radius 1 is 1.29 bits per heavy atom. The van der Waals surface area contributed by atoms with Crippen LogP contribution in [0.25, 0.3) is 0 Å². The topological polar surface area (TPSA) is 108 Å². The van der Waals surface area contributed by atoms with Crippen molar-refractivity contribution < 1.29 is 42.8 Å². The van der Waals surface area contributed by atoms with Crippen molar-refractivity contribution in [2.45, 2.75) is 30.2 Å².